The van der Waals surface area contributed by atoms with Crippen LogP contribution in [0.5, 0.6) is 0 Å². The minimum absolute atomic E-state index is 0.435. The van der Waals surface area contributed by atoms with Gasteiger partial charge in [0.1, 0.15) is 0 Å². The van der Waals surface area contributed by atoms with Crippen LogP contribution < -0.4 is 0 Å². The van der Waals surface area contributed by atoms with Crippen molar-refractivity contribution in [3.05, 3.63) is 54.6 Å². The molecule has 0 fully saturated rings. The van der Waals surface area contributed by atoms with E-state index >= 15 is 0 Å². The molecule has 0 amide bonds. The van der Waals surface area contributed by atoms with Gasteiger partial charge in [0.05, 0.1) is 11.5 Å². The number of hydrogen-bond donors (Lipinski definition) is 1. The summed E-state index contributed by atoms with van der Waals surface area (Å²) in [6.07, 6.45) is 4.33. The molecule has 0 heterocycles. The van der Waals surface area contributed by atoms with Gasteiger partial charge in [0.2, 0.25) is 0 Å². The maximum atomic E-state index is 9.49. The summed E-state index contributed by atoms with van der Waals surface area (Å²) < 4.78 is 0. The Kier molecular flexibility index (Phi) is 4.44. The van der Waals surface area contributed by atoms with Crippen LogP contribution in [0, 0.1) is 0 Å². The molecule has 1 rings (SSSR count). The predicted molar refractivity (Wildman–Crippen MR) is 61.3 cm³/mol. The number of aliphatic hydroxyl groups is 1. The van der Waals surface area contributed by atoms with E-state index in [1.54, 1.807) is 6.08 Å². The van der Waals surface area contributed by atoms with E-state index in [1.807, 2.05) is 36.4 Å². The largest absolute Gasteiger partial charge is 0.387 e. The summed E-state index contributed by atoms with van der Waals surface area (Å²) in [4.78, 5) is 0. The van der Waals surface area contributed by atoms with E-state index in [2.05, 4.69) is 6.58 Å². The maximum Gasteiger partial charge on any atom is 0.0922 e. The third-order valence-electron chi connectivity index (χ3n) is 1.84. The summed E-state index contributed by atoms with van der Waals surface area (Å²) in [6, 6.07) is 9.75. The zero-order valence-electron chi connectivity index (χ0n) is 7.81. The second kappa shape index (κ2) is 5.63. The molecule has 1 N–H and O–H groups in total. The molecule has 2 atom stereocenters. The van der Waals surface area contributed by atoms with Crippen molar-refractivity contribution in [3.63, 3.8) is 0 Å². The van der Waals surface area contributed by atoms with Gasteiger partial charge in [0.25, 0.3) is 0 Å². The lowest BCUT2D eigenvalue weighted by atomic mass is 10.1. The Hall–Kier alpha value is -1.05. The van der Waals surface area contributed by atoms with Gasteiger partial charge in [-0.15, -0.1) is 18.2 Å². The molecule has 0 aliphatic carbocycles. The molecule has 74 valence electrons. The standard InChI is InChI=1S/C12H13ClO/c1-2-11(13)12(14)9-8-10-6-4-3-5-7-10/h2-9,11-12,14H,1H2/b9-8+/t11-,12-/m0/s1. The van der Waals surface area contributed by atoms with E-state index in [0.29, 0.717) is 0 Å². The first-order valence-corrected chi connectivity index (χ1v) is 4.85. The van der Waals surface area contributed by atoms with Gasteiger partial charge < -0.3 is 5.11 Å². The molecule has 0 radical (unpaired) electrons. The lowest BCUT2D eigenvalue weighted by Gasteiger charge is -2.07. The van der Waals surface area contributed by atoms with E-state index in [4.69, 9.17) is 11.6 Å². The molecule has 0 saturated carbocycles. The molecule has 0 saturated heterocycles. The molecule has 1 aromatic rings. The fourth-order valence-corrected chi connectivity index (χ4v) is 1.10. The monoisotopic (exact) mass is 208 g/mol. The van der Waals surface area contributed by atoms with Gasteiger partial charge in [-0.2, -0.15) is 0 Å². The van der Waals surface area contributed by atoms with Crippen LogP contribution in [-0.4, -0.2) is 16.6 Å². The number of benzene rings is 1. The highest BCUT2D eigenvalue weighted by Gasteiger charge is 2.07. The molecule has 1 nitrogen and oxygen atoms in total. The van der Waals surface area contributed by atoms with Gasteiger partial charge in [-0.05, 0) is 5.56 Å². The average molecular weight is 209 g/mol. The van der Waals surface area contributed by atoms with Gasteiger partial charge in [-0.25, -0.2) is 0 Å². The van der Waals surface area contributed by atoms with E-state index in [9.17, 15) is 5.11 Å². The number of alkyl halides is 1. The molecule has 0 aliphatic heterocycles. The molecule has 1 aromatic carbocycles. The van der Waals surface area contributed by atoms with Gasteiger partial charge in [-0.3, -0.25) is 0 Å². The van der Waals surface area contributed by atoms with Crippen LogP contribution >= 0.6 is 11.6 Å². The molecular formula is C12H13ClO. The van der Waals surface area contributed by atoms with E-state index in [-0.39, 0.29) is 0 Å². The van der Waals surface area contributed by atoms with Crippen LogP contribution in [0.2, 0.25) is 0 Å². The molecule has 2 heteroatoms. The molecule has 0 aliphatic rings. The Balaban J connectivity index is 2.60. The van der Waals surface area contributed by atoms with Crippen molar-refractivity contribution in [1.82, 2.24) is 0 Å². The first-order chi connectivity index (χ1) is 6.74. The van der Waals surface area contributed by atoms with Crippen molar-refractivity contribution in [2.75, 3.05) is 0 Å². The Morgan fingerprint density at radius 3 is 2.50 bits per heavy atom. The molecular weight excluding hydrogens is 196 g/mol. The minimum atomic E-state index is -0.686. The fourth-order valence-electron chi connectivity index (χ4n) is 1.02. The first kappa shape index (κ1) is 11.0. The molecule has 0 spiro atoms. The first-order valence-electron chi connectivity index (χ1n) is 4.42. The lowest BCUT2D eigenvalue weighted by Crippen LogP contribution is -2.14. The van der Waals surface area contributed by atoms with Crippen LogP contribution in [0.25, 0.3) is 6.08 Å². The summed E-state index contributed by atoms with van der Waals surface area (Å²) in [6.45, 7) is 3.51. The Bertz CT molecular complexity index is 305. The van der Waals surface area contributed by atoms with Crippen molar-refractivity contribution >= 4 is 17.7 Å². The SMILES string of the molecule is C=C[C@H](Cl)[C@@H](O)/C=C/c1ccccc1. The fraction of sp³-hybridized carbons (Fsp3) is 0.167. The zero-order chi connectivity index (χ0) is 10.4. The third-order valence-corrected chi connectivity index (χ3v) is 2.27. The summed E-state index contributed by atoms with van der Waals surface area (Å²) in [5.74, 6) is 0. The Labute approximate surface area is 89.3 Å². The average Bonchev–Trinajstić information content (AvgIpc) is 2.26. The Morgan fingerprint density at radius 1 is 1.29 bits per heavy atom. The molecule has 14 heavy (non-hydrogen) atoms. The number of hydrogen-bond acceptors (Lipinski definition) is 1. The highest BCUT2D eigenvalue weighted by molar-refractivity contribution is 6.22. The summed E-state index contributed by atoms with van der Waals surface area (Å²) >= 11 is 5.76. The van der Waals surface area contributed by atoms with Crippen molar-refractivity contribution in [3.8, 4) is 0 Å². The molecule has 0 aromatic heterocycles. The summed E-state index contributed by atoms with van der Waals surface area (Å²) in [5, 5.41) is 9.05. The Morgan fingerprint density at radius 2 is 1.93 bits per heavy atom. The van der Waals surface area contributed by atoms with E-state index in [1.165, 1.54) is 6.08 Å². The maximum absolute atomic E-state index is 9.49. The van der Waals surface area contributed by atoms with Crippen LogP contribution in [0.4, 0.5) is 0 Å². The normalized spacial score (nSPS) is 15.3. The second-order valence-corrected chi connectivity index (χ2v) is 3.44. The van der Waals surface area contributed by atoms with Gasteiger partial charge in [0.15, 0.2) is 0 Å². The van der Waals surface area contributed by atoms with Crippen LogP contribution in [0.15, 0.2) is 49.1 Å². The number of aliphatic hydroxyl groups excluding tert-OH is 1. The topological polar surface area (TPSA) is 20.2 Å². The number of halogens is 1. The number of rotatable bonds is 4. The highest BCUT2D eigenvalue weighted by atomic mass is 35.5. The van der Waals surface area contributed by atoms with Crippen molar-refractivity contribution < 1.29 is 5.11 Å². The summed E-state index contributed by atoms with van der Waals surface area (Å²) in [5.41, 5.74) is 1.04. The van der Waals surface area contributed by atoms with E-state index in [0.717, 1.165) is 5.56 Å². The van der Waals surface area contributed by atoms with Crippen molar-refractivity contribution in [1.29, 1.82) is 0 Å². The second-order valence-electron chi connectivity index (χ2n) is 2.94. The van der Waals surface area contributed by atoms with Gasteiger partial charge in [-0.1, -0.05) is 48.6 Å². The third kappa shape index (κ3) is 3.36. The lowest BCUT2D eigenvalue weighted by molar-refractivity contribution is 0.231. The summed E-state index contributed by atoms with van der Waals surface area (Å²) in [7, 11) is 0. The van der Waals surface area contributed by atoms with Crippen molar-refractivity contribution in [2.45, 2.75) is 11.5 Å². The van der Waals surface area contributed by atoms with Crippen molar-refractivity contribution in [2.24, 2.45) is 0 Å². The minimum Gasteiger partial charge on any atom is -0.387 e. The van der Waals surface area contributed by atoms with Gasteiger partial charge >= 0.3 is 0 Å². The van der Waals surface area contributed by atoms with Crippen LogP contribution in [0.3, 0.4) is 0 Å². The highest BCUT2D eigenvalue weighted by Crippen LogP contribution is 2.08. The van der Waals surface area contributed by atoms with Gasteiger partial charge in [0, 0.05) is 0 Å². The van der Waals surface area contributed by atoms with Crippen LogP contribution in [0.1, 0.15) is 5.56 Å². The smallest absolute Gasteiger partial charge is 0.0922 e. The quantitative estimate of drug-likeness (QED) is 0.596. The predicted octanol–water partition coefficient (Wildman–Crippen LogP) is 2.85. The van der Waals surface area contributed by atoms with Crippen LogP contribution in [-0.2, 0) is 0 Å². The van der Waals surface area contributed by atoms with E-state index < -0.39 is 11.5 Å². The molecule has 0 bridgehead atoms. The zero-order valence-corrected chi connectivity index (χ0v) is 8.56. The molecule has 0 unspecified atom stereocenters.